The van der Waals surface area contributed by atoms with E-state index < -0.39 is 11.9 Å². The third-order valence-electron chi connectivity index (χ3n) is 3.26. The van der Waals surface area contributed by atoms with E-state index in [9.17, 15) is 9.90 Å². The van der Waals surface area contributed by atoms with Gasteiger partial charge in [-0.2, -0.15) is 0 Å². The molecule has 0 aliphatic carbocycles. The van der Waals surface area contributed by atoms with Gasteiger partial charge in [0.25, 0.3) is 0 Å². The van der Waals surface area contributed by atoms with Crippen molar-refractivity contribution >= 4 is 5.97 Å². The second-order valence-electron chi connectivity index (χ2n) is 4.99. The van der Waals surface area contributed by atoms with Crippen molar-refractivity contribution in [3.8, 4) is 5.75 Å². The molecule has 1 rings (SSSR count). The fourth-order valence-electron chi connectivity index (χ4n) is 2.34. The topological polar surface area (TPSA) is 49.8 Å². The van der Waals surface area contributed by atoms with Crippen molar-refractivity contribution in [1.29, 1.82) is 0 Å². The predicted molar refractivity (Wildman–Crippen MR) is 75.6 cm³/mol. The Morgan fingerprint density at radius 3 is 2.47 bits per heavy atom. The van der Waals surface area contributed by atoms with Gasteiger partial charge in [-0.3, -0.25) is 4.79 Å². The van der Waals surface area contributed by atoms with Crippen LogP contribution in [-0.4, -0.2) is 36.7 Å². The average Bonchev–Trinajstić information content (AvgIpc) is 2.32. The van der Waals surface area contributed by atoms with Gasteiger partial charge < -0.3 is 14.7 Å². The Balaban J connectivity index is 3.10. The summed E-state index contributed by atoms with van der Waals surface area (Å²) < 4.78 is 5.51. The summed E-state index contributed by atoms with van der Waals surface area (Å²) in [5, 5.41) is 9.22. The number of hydrogen-bond acceptors (Lipinski definition) is 3. The molecular weight excluding hydrogens is 242 g/mol. The van der Waals surface area contributed by atoms with Gasteiger partial charge >= 0.3 is 5.97 Å². The molecule has 2 unspecified atom stereocenters. The largest absolute Gasteiger partial charge is 0.494 e. The summed E-state index contributed by atoms with van der Waals surface area (Å²) in [4.78, 5) is 13.2. The van der Waals surface area contributed by atoms with E-state index in [1.165, 1.54) is 0 Å². The van der Waals surface area contributed by atoms with Crippen LogP contribution in [0.1, 0.15) is 31.0 Å². The summed E-state index contributed by atoms with van der Waals surface area (Å²) in [6, 6.07) is 5.73. The molecule has 1 aromatic carbocycles. The Morgan fingerprint density at radius 2 is 2.05 bits per heavy atom. The third kappa shape index (κ3) is 3.70. The van der Waals surface area contributed by atoms with Gasteiger partial charge in [-0.25, -0.2) is 0 Å². The highest BCUT2D eigenvalue weighted by atomic mass is 16.5. The highest BCUT2D eigenvalue weighted by Gasteiger charge is 2.27. The van der Waals surface area contributed by atoms with Gasteiger partial charge in [0.2, 0.25) is 0 Å². The van der Waals surface area contributed by atoms with Crippen LogP contribution in [0.25, 0.3) is 0 Å². The number of benzene rings is 1. The molecule has 106 valence electrons. The monoisotopic (exact) mass is 265 g/mol. The number of ether oxygens (including phenoxy) is 1. The molecule has 4 heteroatoms. The Morgan fingerprint density at radius 1 is 1.42 bits per heavy atom. The molecule has 1 N–H and O–H groups in total. The van der Waals surface area contributed by atoms with Gasteiger partial charge in [-0.05, 0) is 45.1 Å². The fourth-order valence-corrected chi connectivity index (χ4v) is 2.34. The Bertz CT molecular complexity index is 443. The van der Waals surface area contributed by atoms with Crippen LogP contribution in [0.2, 0.25) is 0 Å². The number of nitrogens with zero attached hydrogens (tertiary/aromatic N) is 1. The van der Waals surface area contributed by atoms with Crippen molar-refractivity contribution in [1.82, 2.24) is 4.90 Å². The number of carboxylic acids is 1. The zero-order valence-electron chi connectivity index (χ0n) is 12.3. The summed E-state index contributed by atoms with van der Waals surface area (Å²) in [6.45, 7) is 6.29. The first-order chi connectivity index (χ1) is 8.88. The van der Waals surface area contributed by atoms with Crippen LogP contribution in [0.15, 0.2) is 18.2 Å². The zero-order chi connectivity index (χ0) is 14.6. The molecule has 4 nitrogen and oxygen atoms in total. The standard InChI is InChI=1S/C15H23NO3/c1-6-19-13-8-7-12(9-10(13)2)14(16(4)5)11(3)15(17)18/h7-9,11,14H,6H2,1-5H3,(H,17,18). The Labute approximate surface area is 115 Å². The lowest BCUT2D eigenvalue weighted by molar-refractivity contribution is -0.143. The number of carbonyl (C=O) groups is 1. The van der Waals surface area contributed by atoms with Crippen molar-refractivity contribution in [3.05, 3.63) is 29.3 Å². The molecule has 0 saturated heterocycles. The van der Waals surface area contributed by atoms with E-state index in [-0.39, 0.29) is 6.04 Å². The van der Waals surface area contributed by atoms with Gasteiger partial charge in [-0.1, -0.05) is 19.1 Å². The van der Waals surface area contributed by atoms with E-state index >= 15 is 0 Å². The van der Waals surface area contributed by atoms with Crippen molar-refractivity contribution in [2.24, 2.45) is 5.92 Å². The van der Waals surface area contributed by atoms with Crippen LogP contribution in [0.3, 0.4) is 0 Å². The highest BCUT2D eigenvalue weighted by molar-refractivity contribution is 5.70. The summed E-state index contributed by atoms with van der Waals surface area (Å²) >= 11 is 0. The first kappa shape index (κ1) is 15.5. The quantitative estimate of drug-likeness (QED) is 0.859. The van der Waals surface area contributed by atoms with E-state index in [4.69, 9.17) is 4.74 Å². The maximum atomic E-state index is 11.2. The third-order valence-corrected chi connectivity index (χ3v) is 3.26. The molecular formula is C15H23NO3. The van der Waals surface area contributed by atoms with Gasteiger partial charge in [-0.15, -0.1) is 0 Å². The van der Waals surface area contributed by atoms with Crippen LogP contribution >= 0.6 is 0 Å². The number of rotatable bonds is 6. The molecule has 0 aliphatic heterocycles. The Hall–Kier alpha value is -1.55. The molecule has 0 fully saturated rings. The summed E-state index contributed by atoms with van der Waals surface area (Å²) in [5.74, 6) is -0.399. The molecule has 0 bridgehead atoms. The van der Waals surface area contributed by atoms with Crippen LogP contribution < -0.4 is 4.74 Å². The molecule has 0 radical (unpaired) electrons. The van der Waals surface area contributed by atoms with Crippen molar-refractivity contribution in [2.75, 3.05) is 20.7 Å². The highest BCUT2D eigenvalue weighted by Crippen LogP contribution is 2.30. The summed E-state index contributed by atoms with van der Waals surface area (Å²) in [6.07, 6.45) is 0. The summed E-state index contributed by atoms with van der Waals surface area (Å²) in [5.41, 5.74) is 2.03. The lowest BCUT2D eigenvalue weighted by Crippen LogP contribution is -2.30. The second kappa shape index (κ2) is 6.57. The lowest BCUT2D eigenvalue weighted by Gasteiger charge is -2.28. The molecule has 0 heterocycles. The van der Waals surface area contributed by atoms with Crippen LogP contribution in [0.5, 0.6) is 5.75 Å². The molecule has 0 aliphatic rings. The minimum atomic E-state index is -0.787. The second-order valence-corrected chi connectivity index (χ2v) is 4.99. The van der Waals surface area contributed by atoms with Gasteiger partial charge in [0.05, 0.1) is 12.5 Å². The lowest BCUT2D eigenvalue weighted by atomic mass is 9.92. The molecule has 0 aromatic heterocycles. The molecule has 0 saturated carbocycles. The number of hydrogen-bond donors (Lipinski definition) is 1. The minimum absolute atomic E-state index is 0.146. The molecule has 2 atom stereocenters. The van der Waals surface area contributed by atoms with Gasteiger partial charge in [0, 0.05) is 6.04 Å². The molecule has 0 spiro atoms. The SMILES string of the molecule is CCOc1ccc(C(C(C)C(=O)O)N(C)C)cc1C. The van der Waals surface area contributed by atoms with Crippen LogP contribution in [0, 0.1) is 12.8 Å². The van der Waals surface area contributed by atoms with Gasteiger partial charge in [0.1, 0.15) is 5.75 Å². The minimum Gasteiger partial charge on any atom is -0.494 e. The number of aryl methyl sites for hydroxylation is 1. The van der Waals surface area contributed by atoms with E-state index in [0.717, 1.165) is 16.9 Å². The van der Waals surface area contributed by atoms with Crippen molar-refractivity contribution < 1.29 is 14.6 Å². The normalized spacial score (nSPS) is 14.2. The maximum absolute atomic E-state index is 11.2. The van der Waals surface area contributed by atoms with Crippen molar-refractivity contribution in [3.63, 3.8) is 0 Å². The first-order valence-corrected chi connectivity index (χ1v) is 6.51. The first-order valence-electron chi connectivity index (χ1n) is 6.51. The number of carboxylic acid groups (broad SMARTS) is 1. The molecule has 1 aromatic rings. The maximum Gasteiger partial charge on any atom is 0.308 e. The molecule has 19 heavy (non-hydrogen) atoms. The Kier molecular flexibility index (Phi) is 5.36. The average molecular weight is 265 g/mol. The zero-order valence-corrected chi connectivity index (χ0v) is 12.3. The number of aliphatic carboxylic acids is 1. The molecule has 0 amide bonds. The van der Waals surface area contributed by atoms with E-state index in [1.54, 1.807) is 6.92 Å². The van der Waals surface area contributed by atoms with E-state index in [1.807, 2.05) is 51.0 Å². The summed E-state index contributed by atoms with van der Waals surface area (Å²) in [7, 11) is 3.80. The van der Waals surface area contributed by atoms with E-state index in [0.29, 0.717) is 6.61 Å². The van der Waals surface area contributed by atoms with Crippen molar-refractivity contribution in [2.45, 2.75) is 26.8 Å². The smallest absolute Gasteiger partial charge is 0.308 e. The van der Waals surface area contributed by atoms with Crippen LogP contribution in [0.4, 0.5) is 0 Å². The van der Waals surface area contributed by atoms with Gasteiger partial charge in [0.15, 0.2) is 0 Å². The van der Waals surface area contributed by atoms with Crippen LogP contribution in [-0.2, 0) is 4.79 Å². The van der Waals surface area contributed by atoms with E-state index in [2.05, 4.69) is 0 Å². The fraction of sp³-hybridized carbons (Fsp3) is 0.533. The predicted octanol–water partition coefficient (Wildman–Crippen LogP) is 2.72.